The van der Waals surface area contributed by atoms with Crippen molar-refractivity contribution in [3.8, 4) is 0 Å². The van der Waals surface area contributed by atoms with Crippen LogP contribution in [0.1, 0.15) is 26.2 Å². The van der Waals surface area contributed by atoms with E-state index < -0.39 is 0 Å². The van der Waals surface area contributed by atoms with Gasteiger partial charge in [0.2, 0.25) is 5.91 Å². The van der Waals surface area contributed by atoms with Crippen LogP contribution in [0.25, 0.3) is 0 Å². The van der Waals surface area contributed by atoms with Crippen LogP contribution in [0.15, 0.2) is 12.2 Å². The lowest BCUT2D eigenvalue weighted by molar-refractivity contribution is -0.120. The summed E-state index contributed by atoms with van der Waals surface area (Å²) in [6.45, 7) is 3.33. The van der Waals surface area contributed by atoms with Crippen molar-refractivity contribution in [3.05, 3.63) is 12.2 Å². The Kier molecular flexibility index (Phi) is 3.41. The van der Waals surface area contributed by atoms with Gasteiger partial charge in [-0.1, -0.05) is 19.1 Å². The standard InChI is InChI=1S/C12H20N2O/c1-2-6-13-12(15)8-14-11-7-9-4-3-5-10(9)11/h3,5,9-11,14H,2,4,6-8H2,1H3,(H,13,15). The Balaban J connectivity index is 1.62. The van der Waals surface area contributed by atoms with Crippen LogP contribution in [0, 0.1) is 11.8 Å². The molecule has 2 aliphatic rings. The molecule has 1 saturated carbocycles. The molecule has 3 atom stereocenters. The van der Waals surface area contributed by atoms with Crippen molar-refractivity contribution in [2.75, 3.05) is 13.1 Å². The lowest BCUT2D eigenvalue weighted by Crippen LogP contribution is -2.50. The molecular formula is C12H20N2O. The Morgan fingerprint density at radius 1 is 1.53 bits per heavy atom. The van der Waals surface area contributed by atoms with E-state index in [0.29, 0.717) is 18.5 Å². The van der Waals surface area contributed by atoms with E-state index in [1.807, 2.05) is 0 Å². The van der Waals surface area contributed by atoms with E-state index in [2.05, 4.69) is 29.7 Å². The number of amides is 1. The molecule has 0 saturated heterocycles. The topological polar surface area (TPSA) is 41.1 Å². The minimum absolute atomic E-state index is 0.127. The van der Waals surface area contributed by atoms with Crippen molar-refractivity contribution in [3.63, 3.8) is 0 Å². The summed E-state index contributed by atoms with van der Waals surface area (Å²) in [7, 11) is 0. The number of carbonyl (C=O) groups is 1. The first-order valence-corrected chi connectivity index (χ1v) is 5.98. The molecule has 0 radical (unpaired) electrons. The average Bonchev–Trinajstić information content (AvgIpc) is 2.57. The Morgan fingerprint density at radius 2 is 2.40 bits per heavy atom. The van der Waals surface area contributed by atoms with Crippen LogP contribution < -0.4 is 10.6 Å². The highest BCUT2D eigenvalue weighted by Gasteiger charge is 2.40. The lowest BCUT2D eigenvalue weighted by atomic mass is 9.71. The fourth-order valence-corrected chi connectivity index (χ4v) is 2.50. The van der Waals surface area contributed by atoms with Gasteiger partial charge >= 0.3 is 0 Å². The molecule has 84 valence electrons. The van der Waals surface area contributed by atoms with Gasteiger partial charge in [0.05, 0.1) is 6.54 Å². The molecule has 0 aromatic heterocycles. The molecule has 2 aliphatic carbocycles. The van der Waals surface area contributed by atoms with Crippen molar-refractivity contribution < 1.29 is 4.79 Å². The zero-order valence-corrected chi connectivity index (χ0v) is 9.33. The van der Waals surface area contributed by atoms with Gasteiger partial charge in [-0.2, -0.15) is 0 Å². The highest BCUT2D eigenvalue weighted by atomic mass is 16.1. The molecule has 0 aromatic carbocycles. The second-order valence-corrected chi connectivity index (χ2v) is 4.57. The third-order valence-corrected chi connectivity index (χ3v) is 3.46. The maximum Gasteiger partial charge on any atom is 0.233 e. The number of carbonyl (C=O) groups excluding carboxylic acids is 1. The van der Waals surface area contributed by atoms with Gasteiger partial charge in [-0.15, -0.1) is 0 Å². The van der Waals surface area contributed by atoms with Crippen molar-refractivity contribution >= 4 is 5.91 Å². The average molecular weight is 208 g/mol. The minimum Gasteiger partial charge on any atom is -0.355 e. The largest absolute Gasteiger partial charge is 0.355 e. The summed E-state index contributed by atoms with van der Waals surface area (Å²) < 4.78 is 0. The van der Waals surface area contributed by atoms with E-state index in [0.717, 1.165) is 18.9 Å². The van der Waals surface area contributed by atoms with Gasteiger partial charge in [0.25, 0.3) is 0 Å². The molecule has 0 heterocycles. The fraction of sp³-hybridized carbons (Fsp3) is 0.750. The SMILES string of the molecule is CCCNC(=O)CNC1CC2CC=CC21. The van der Waals surface area contributed by atoms with Crippen molar-refractivity contribution in [2.45, 2.75) is 32.2 Å². The minimum atomic E-state index is 0.127. The van der Waals surface area contributed by atoms with E-state index in [4.69, 9.17) is 0 Å². The van der Waals surface area contributed by atoms with Crippen molar-refractivity contribution in [2.24, 2.45) is 11.8 Å². The zero-order chi connectivity index (χ0) is 10.7. The number of fused-ring (bicyclic) bond motifs is 1. The number of hydrogen-bond donors (Lipinski definition) is 2. The molecule has 3 nitrogen and oxygen atoms in total. The predicted molar refractivity (Wildman–Crippen MR) is 60.4 cm³/mol. The summed E-state index contributed by atoms with van der Waals surface area (Å²) in [6, 6.07) is 0.543. The summed E-state index contributed by atoms with van der Waals surface area (Å²) >= 11 is 0. The predicted octanol–water partition coefficient (Wildman–Crippen LogP) is 1.07. The van der Waals surface area contributed by atoms with Crippen LogP contribution in [0.4, 0.5) is 0 Å². The van der Waals surface area contributed by atoms with Crippen LogP contribution in [0.5, 0.6) is 0 Å². The number of hydrogen-bond acceptors (Lipinski definition) is 2. The lowest BCUT2D eigenvalue weighted by Gasteiger charge is -2.40. The Labute approximate surface area is 91.3 Å². The molecule has 0 bridgehead atoms. The quantitative estimate of drug-likeness (QED) is 0.663. The molecule has 1 fully saturated rings. The first-order valence-electron chi connectivity index (χ1n) is 5.98. The highest BCUT2D eigenvalue weighted by Crippen LogP contribution is 2.42. The molecule has 3 heteroatoms. The molecule has 0 aromatic rings. The third-order valence-electron chi connectivity index (χ3n) is 3.46. The van der Waals surface area contributed by atoms with Gasteiger partial charge < -0.3 is 10.6 Å². The maximum atomic E-state index is 11.3. The number of rotatable bonds is 5. The molecule has 0 spiro atoms. The van der Waals surface area contributed by atoms with Gasteiger partial charge in [-0.3, -0.25) is 4.79 Å². The highest BCUT2D eigenvalue weighted by molar-refractivity contribution is 5.78. The summed E-state index contributed by atoms with van der Waals surface area (Å²) in [6.07, 6.45) is 8.05. The van der Waals surface area contributed by atoms with Crippen LogP contribution in [-0.4, -0.2) is 25.0 Å². The summed E-state index contributed by atoms with van der Waals surface area (Å²) in [5.74, 6) is 1.69. The van der Waals surface area contributed by atoms with Gasteiger partial charge in [-0.25, -0.2) is 0 Å². The molecule has 1 amide bonds. The Bertz CT molecular complexity index is 262. The smallest absolute Gasteiger partial charge is 0.233 e. The van der Waals surface area contributed by atoms with Crippen molar-refractivity contribution in [1.82, 2.24) is 10.6 Å². The monoisotopic (exact) mass is 208 g/mol. The molecule has 2 rings (SSSR count). The maximum absolute atomic E-state index is 11.3. The fourth-order valence-electron chi connectivity index (χ4n) is 2.50. The Hall–Kier alpha value is -0.830. The van der Waals surface area contributed by atoms with E-state index in [9.17, 15) is 4.79 Å². The van der Waals surface area contributed by atoms with Crippen LogP contribution in [0.2, 0.25) is 0 Å². The molecule has 15 heavy (non-hydrogen) atoms. The molecular weight excluding hydrogens is 188 g/mol. The summed E-state index contributed by atoms with van der Waals surface area (Å²) in [5.41, 5.74) is 0. The second-order valence-electron chi connectivity index (χ2n) is 4.57. The zero-order valence-electron chi connectivity index (χ0n) is 9.33. The van der Waals surface area contributed by atoms with Crippen LogP contribution in [-0.2, 0) is 4.79 Å². The summed E-state index contributed by atoms with van der Waals surface area (Å²) in [5, 5.41) is 6.21. The van der Waals surface area contributed by atoms with Gasteiger partial charge in [0, 0.05) is 12.6 Å². The van der Waals surface area contributed by atoms with E-state index in [1.54, 1.807) is 0 Å². The van der Waals surface area contributed by atoms with E-state index in [1.165, 1.54) is 12.8 Å². The van der Waals surface area contributed by atoms with Gasteiger partial charge in [0.1, 0.15) is 0 Å². The van der Waals surface area contributed by atoms with Crippen molar-refractivity contribution in [1.29, 1.82) is 0 Å². The van der Waals surface area contributed by atoms with E-state index in [-0.39, 0.29) is 5.91 Å². The van der Waals surface area contributed by atoms with Gasteiger partial charge in [0.15, 0.2) is 0 Å². The first kappa shape index (κ1) is 10.7. The normalized spacial score (nSPS) is 32.2. The van der Waals surface area contributed by atoms with Gasteiger partial charge in [-0.05, 0) is 31.1 Å². The molecule has 2 N–H and O–H groups in total. The van der Waals surface area contributed by atoms with Crippen LogP contribution >= 0.6 is 0 Å². The second kappa shape index (κ2) is 4.79. The third kappa shape index (κ3) is 2.40. The molecule has 0 aliphatic heterocycles. The van der Waals surface area contributed by atoms with Crippen LogP contribution in [0.3, 0.4) is 0 Å². The van der Waals surface area contributed by atoms with E-state index >= 15 is 0 Å². The molecule has 3 unspecified atom stereocenters. The first-order chi connectivity index (χ1) is 7.31. The number of allylic oxidation sites excluding steroid dienone is 1. The summed E-state index contributed by atoms with van der Waals surface area (Å²) in [4.78, 5) is 11.3. The Morgan fingerprint density at radius 3 is 3.13 bits per heavy atom. The number of nitrogens with one attached hydrogen (secondary N) is 2.